The predicted molar refractivity (Wildman–Crippen MR) is 158 cm³/mol. The van der Waals surface area contributed by atoms with E-state index in [4.69, 9.17) is 29.2 Å². The van der Waals surface area contributed by atoms with E-state index in [1.807, 2.05) is 67.6 Å². The third-order valence-corrected chi connectivity index (χ3v) is 6.90. The third kappa shape index (κ3) is 10.1. The van der Waals surface area contributed by atoms with Crippen molar-refractivity contribution in [2.45, 2.75) is 57.3 Å². The van der Waals surface area contributed by atoms with Crippen LogP contribution in [-0.4, -0.2) is 56.4 Å². The number of alkyl halides is 3. The van der Waals surface area contributed by atoms with E-state index in [0.717, 1.165) is 11.1 Å². The van der Waals surface area contributed by atoms with Crippen LogP contribution >= 0.6 is 0 Å². The van der Waals surface area contributed by atoms with Crippen molar-refractivity contribution in [3.05, 3.63) is 113 Å². The molecule has 1 saturated heterocycles. The number of aliphatic imine (C=N–C) groups is 1. The van der Waals surface area contributed by atoms with Gasteiger partial charge in [0.25, 0.3) is 5.90 Å². The molecule has 0 spiro atoms. The first-order valence-corrected chi connectivity index (χ1v) is 14.3. The highest BCUT2D eigenvalue weighted by Gasteiger charge is 2.49. The van der Waals surface area contributed by atoms with E-state index in [0.29, 0.717) is 6.42 Å². The van der Waals surface area contributed by atoms with Gasteiger partial charge in [0.15, 0.2) is 0 Å². The highest BCUT2D eigenvalue weighted by atomic mass is 19.4. The Balaban J connectivity index is 1.60. The van der Waals surface area contributed by atoms with E-state index in [-0.39, 0.29) is 38.7 Å². The summed E-state index contributed by atoms with van der Waals surface area (Å²) in [5.41, 5.74) is 10.3. The largest absolute Gasteiger partial charge is 0.468 e. The molecular formula is C32H35F3N4O5. The van der Waals surface area contributed by atoms with Crippen LogP contribution in [0.3, 0.4) is 0 Å². The summed E-state index contributed by atoms with van der Waals surface area (Å²) in [5, 5.41) is 3.49. The summed E-state index contributed by atoms with van der Waals surface area (Å²) < 4.78 is 72.8. The summed E-state index contributed by atoms with van der Waals surface area (Å²) in [6, 6.07) is 26.5. The van der Waals surface area contributed by atoms with Crippen molar-refractivity contribution in [3.8, 4) is 0 Å². The average molecular weight is 613 g/mol. The van der Waals surface area contributed by atoms with Gasteiger partial charge < -0.3 is 23.7 Å². The summed E-state index contributed by atoms with van der Waals surface area (Å²) >= 11 is 0. The Morgan fingerprint density at radius 3 is 2.00 bits per heavy atom. The Morgan fingerprint density at radius 2 is 1.43 bits per heavy atom. The average Bonchev–Trinajstić information content (AvgIpc) is 3.03. The van der Waals surface area contributed by atoms with Crippen molar-refractivity contribution in [1.29, 1.82) is 0 Å². The van der Waals surface area contributed by atoms with Gasteiger partial charge in [-0.3, -0.25) is 0 Å². The van der Waals surface area contributed by atoms with E-state index >= 15 is 0 Å². The number of benzene rings is 3. The zero-order chi connectivity index (χ0) is 31.2. The normalized spacial score (nSPS) is 22.3. The van der Waals surface area contributed by atoms with Crippen LogP contribution in [0.4, 0.5) is 18.9 Å². The maximum atomic E-state index is 14.2. The lowest BCUT2D eigenvalue weighted by Gasteiger charge is -2.45. The van der Waals surface area contributed by atoms with Gasteiger partial charge in [-0.25, -0.2) is 4.99 Å². The van der Waals surface area contributed by atoms with E-state index in [9.17, 15) is 13.2 Å². The topological polar surface area (TPSA) is 107 Å². The first-order valence-electron chi connectivity index (χ1n) is 14.3. The summed E-state index contributed by atoms with van der Waals surface area (Å²) in [4.78, 5) is 6.48. The third-order valence-electron chi connectivity index (χ3n) is 6.90. The summed E-state index contributed by atoms with van der Waals surface area (Å²) in [6.07, 6.45) is -8.30. The molecule has 234 valence electrons. The minimum absolute atomic E-state index is 0.00249. The number of hydrogen-bond donors (Lipinski definition) is 0. The van der Waals surface area contributed by atoms with E-state index in [2.05, 4.69) is 15.0 Å². The lowest BCUT2D eigenvalue weighted by molar-refractivity contribution is -0.293. The van der Waals surface area contributed by atoms with E-state index in [1.54, 1.807) is 18.2 Å². The number of ether oxygens (including phenoxy) is 5. The fourth-order valence-corrected chi connectivity index (χ4v) is 4.72. The number of halogens is 3. The molecule has 1 aliphatic rings. The van der Waals surface area contributed by atoms with Crippen LogP contribution in [0.1, 0.15) is 24.5 Å². The molecule has 0 N–H and O–H groups in total. The number of hydrogen-bond acceptors (Lipinski definition) is 7. The van der Waals surface area contributed by atoms with Crippen molar-refractivity contribution in [1.82, 2.24) is 0 Å². The van der Waals surface area contributed by atoms with Crippen LogP contribution in [0.25, 0.3) is 10.4 Å². The lowest BCUT2D eigenvalue weighted by atomic mass is 9.90. The zero-order valence-corrected chi connectivity index (χ0v) is 24.3. The van der Waals surface area contributed by atoms with Crippen molar-refractivity contribution in [3.63, 3.8) is 0 Å². The fourth-order valence-electron chi connectivity index (χ4n) is 4.72. The van der Waals surface area contributed by atoms with Gasteiger partial charge in [0.2, 0.25) is 6.29 Å². The SMILES string of the molecule is C[C@@H]1C(OCc2ccccc2)[C@H](O/C(=N/c2ccccc2)C(F)(F)F)OC(COCCCN=[N+]=[N-])[C@@H]1OCc1ccccc1. The Labute approximate surface area is 254 Å². The minimum Gasteiger partial charge on any atom is -0.441 e. The molecule has 44 heavy (non-hydrogen) atoms. The molecule has 1 heterocycles. The van der Waals surface area contributed by atoms with Gasteiger partial charge in [-0.15, -0.1) is 0 Å². The van der Waals surface area contributed by atoms with Crippen LogP contribution in [0.15, 0.2) is 101 Å². The summed E-state index contributed by atoms with van der Waals surface area (Å²) in [7, 11) is 0. The van der Waals surface area contributed by atoms with Gasteiger partial charge >= 0.3 is 6.18 Å². The summed E-state index contributed by atoms with van der Waals surface area (Å²) in [6.45, 7) is 2.69. The molecule has 0 amide bonds. The van der Waals surface area contributed by atoms with Crippen LogP contribution in [0, 0.1) is 5.92 Å². The second-order valence-corrected chi connectivity index (χ2v) is 10.2. The molecular weight excluding hydrogens is 577 g/mol. The van der Waals surface area contributed by atoms with Crippen LogP contribution in [0.2, 0.25) is 0 Å². The quantitative estimate of drug-likeness (QED) is 0.0467. The van der Waals surface area contributed by atoms with E-state index in [1.165, 1.54) is 12.1 Å². The number of para-hydroxylation sites is 1. The van der Waals surface area contributed by atoms with Crippen molar-refractivity contribution in [2.75, 3.05) is 19.8 Å². The highest BCUT2D eigenvalue weighted by Crippen LogP contribution is 2.34. The van der Waals surface area contributed by atoms with Crippen LogP contribution in [-0.2, 0) is 36.9 Å². The first kappa shape index (κ1) is 33.0. The lowest BCUT2D eigenvalue weighted by Crippen LogP contribution is -2.58. The molecule has 2 unspecified atom stereocenters. The Hall–Kier alpha value is -3.93. The molecule has 9 nitrogen and oxygen atoms in total. The molecule has 4 rings (SSSR count). The standard InChI is InChI=1S/C32H35F3N4O5/c1-23-28(41-20-24-12-5-2-6-13-24)27(22-40-19-11-18-37-39-36)43-30(29(23)42-21-25-14-7-3-8-15-25)44-31(32(33,34)35)38-26-16-9-4-10-17-26/h2-10,12-17,23,27-30H,11,18-22H2,1H3/b38-31+/t23-,27?,28+,29?,30-/m0/s1. The second kappa shape index (κ2) is 16.8. The molecule has 12 heteroatoms. The molecule has 0 radical (unpaired) electrons. The van der Waals surface area contributed by atoms with Gasteiger partial charge in [-0.2, -0.15) is 13.2 Å². The smallest absolute Gasteiger partial charge is 0.441 e. The molecule has 0 bridgehead atoms. The predicted octanol–water partition coefficient (Wildman–Crippen LogP) is 7.54. The molecule has 0 aliphatic carbocycles. The highest BCUT2D eigenvalue weighted by molar-refractivity contribution is 5.84. The van der Waals surface area contributed by atoms with Crippen molar-refractivity contribution in [2.24, 2.45) is 16.0 Å². The Kier molecular flexibility index (Phi) is 12.6. The van der Waals surface area contributed by atoms with Gasteiger partial charge in [0, 0.05) is 24.0 Å². The van der Waals surface area contributed by atoms with E-state index < -0.39 is 42.6 Å². The molecule has 5 atom stereocenters. The van der Waals surface area contributed by atoms with Crippen molar-refractivity contribution >= 4 is 11.6 Å². The number of azide groups is 1. The minimum atomic E-state index is -4.90. The van der Waals surface area contributed by atoms with Crippen LogP contribution < -0.4 is 0 Å². The molecule has 0 aromatic heterocycles. The molecule has 1 aliphatic heterocycles. The van der Waals surface area contributed by atoms with Gasteiger partial charge in [-0.05, 0) is 35.2 Å². The number of rotatable bonds is 14. The second-order valence-electron chi connectivity index (χ2n) is 10.2. The maximum Gasteiger partial charge on any atom is 0.468 e. The van der Waals surface area contributed by atoms with Gasteiger partial charge in [-0.1, -0.05) is 90.9 Å². The van der Waals surface area contributed by atoms with Gasteiger partial charge in [0.1, 0.15) is 12.2 Å². The maximum absolute atomic E-state index is 14.2. The molecule has 0 saturated carbocycles. The first-order chi connectivity index (χ1) is 21.3. The van der Waals surface area contributed by atoms with Crippen LogP contribution in [0.5, 0.6) is 0 Å². The summed E-state index contributed by atoms with van der Waals surface area (Å²) in [5.74, 6) is -1.93. The van der Waals surface area contributed by atoms with Crippen molar-refractivity contribution < 1.29 is 36.9 Å². The fraction of sp³-hybridized carbons (Fsp3) is 0.406. The Morgan fingerprint density at radius 1 is 0.864 bits per heavy atom. The zero-order valence-electron chi connectivity index (χ0n) is 24.3. The molecule has 3 aromatic rings. The molecule has 1 fully saturated rings. The monoisotopic (exact) mass is 612 g/mol. The Bertz CT molecular complexity index is 1340. The number of nitrogens with zero attached hydrogens (tertiary/aromatic N) is 4. The van der Waals surface area contributed by atoms with Gasteiger partial charge in [0.05, 0.1) is 31.6 Å². The molecule has 3 aromatic carbocycles.